The number of rotatable bonds is 2. The molecule has 26 heavy (non-hydrogen) atoms. The maximum atomic E-state index is 14.1. The second-order valence-corrected chi connectivity index (χ2v) is 6.49. The Morgan fingerprint density at radius 2 is 1.73 bits per heavy atom. The standard InChI is InChI=1S/C21H18FNO3/c22-18-11-5-4-8-15(18)14-17-19(24)23(16-9-2-1-3-10-16)20(25)21(17)12-6-7-13-26-21/h1-5,8-11,14H,6-7,12-13H2. The number of carbonyl (C=O) groups is 2. The van der Waals surface area contributed by atoms with Crippen LogP contribution in [0.25, 0.3) is 6.08 Å². The van der Waals surface area contributed by atoms with Gasteiger partial charge in [0.2, 0.25) is 0 Å². The topological polar surface area (TPSA) is 46.6 Å². The summed E-state index contributed by atoms with van der Waals surface area (Å²) in [5, 5.41) is 0. The maximum Gasteiger partial charge on any atom is 0.271 e. The van der Waals surface area contributed by atoms with Crippen molar-refractivity contribution in [2.45, 2.75) is 24.9 Å². The van der Waals surface area contributed by atoms with Crippen LogP contribution in [0.3, 0.4) is 0 Å². The summed E-state index contributed by atoms with van der Waals surface area (Å²) in [5.41, 5.74) is -0.357. The highest BCUT2D eigenvalue weighted by Gasteiger charge is 2.57. The lowest BCUT2D eigenvalue weighted by Gasteiger charge is -2.32. The highest BCUT2D eigenvalue weighted by Crippen LogP contribution is 2.42. The summed E-state index contributed by atoms with van der Waals surface area (Å²) in [6.45, 7) is 0.399. The molecule has 2 aliphatic heterocycles. The maximum absolute atomic E-state index is 14.1. The number of carbonyl (C=O) groups excluding carboxylic acids is 2. The summed E-state index contributed by atoms with van der Waals surface area (Å²) in [4.78, 5) is 27.5. The molecule has 132 valence electrons. The summed E-state index contributed by atoms with van der Waals surface area (Å²) < 4.78 is 20.0. The first-order valence-electron chi connectivity index (χ1n) is 8.68. The molecule has 5 heteroatoms. The number of para-hydroxylation sites is 1. The van der Waals surface area contributed by atoms with E-state index in [1.165, 1.54) is 12.1 Å². The van der Waals surface area contributed by atoms with Crippen molar-refractivity contribution < 1.29 is 18.7 Å². The highest BCUT2D eigenvalue weighted by molar-refractivity contribution is 6.33. The number of amides is 2. The molecule has 2 aromatic rings. The lowest BCUT2D eigenvalue weighted by molar-refractivity contribution is -0.140. The first-order chi connectivity index (χ1) is 12.6. The van der Waals surface area contributed by atoms with Crippen molar-refractivity contribution in [2.24, 2.45) is 0 Å². The van der Waals surface area contributed by atoms with Crippen molar-refractivity contribution in [1.82, 2.24) is 0 Å². The minimum absolute atomic E-state index is 0.205. The lowest BCUT2D eigenvalue weighted by Crippen LogP contribution is -2.45. The van der Waals surface area contributed by atoms with Gasteiger partial charge in [0.15, 0.2) is 5.60 Å². The van der Waals surface area contributed by atoms with Crippen LogP contribution in [0.15, 0.2) is 60.2 Å². The van der Waals surface area contributed by atoms with E-state index in [1.807, 2.05) is 6.07 Å². The van der Waals surface area contributed by atoms with Crippen molar-refractivity contribution in [1.29, 1.82) is 0 Å². The summed E-state index contributed by atoms with van der Waals surface area (Å²) in [7, 11) is 0. The number of benzene rings is 2. The van der Waals surface area contributed by atoms with Crippen LogP contribution in [-0.2, 0) is 14.3 Å². The number of anilines is 1. The minimum atomic E-state index is -1.33. The Labute approximate surface area is 150 Å². The summed E-state index contributed by atoms with van der Waals surface area (Å²) in [6.07, 6.45) is 3.49. The van der Waals surface area contributed by atoms with Gasteiger partial charge < -0.3 is 4.74 Å². The highest BCUT2D eigenvalue weighted by atomic mass is 19.1. The van der Waals surface area contributed by atoms with E-state index in [-0.39, 0.29) is 11.1 Å². The second kappa shape index (κ2) is 6.50. The number of halogens is 1. The molecule has 2 saturated heterocycles. The quantitative estimate of drug-likeness (QED) is 0.612. The Kier molecular flexibility index (Phi) is 4.17. The molecule has 2 aromatic carbocycles. The lowest BCUT2D eigenvalue weighted by atomic mass is 9.86. The summed E-state index contributed by atoms with van der Waals surface area (Å²) in [5.74, 6) is -1.29. The molecule has 4 nitrogen and oxygen atoms in total. The Bertz CT molecular complexity index is 885. The van der Waals surface area contributed by atoms with Crippen molar-refractivity contribution in [3.05, 3.63) is 71.6 Å². The fourth-order valence-corrected chi connectivity index (χ4v) is 3.59. The Balaban J connectivity index is 1.86. The molecule has 0 aliphatic carbocycles. The SMILES string of the molecule is O=C1C(=Cc2ccccc2F)C2(CCCCO2)C(=O)N1c1ccccc1. The van der Waals surface area contributed by atoms with Gasteiger partial charge in [-0.25, -0.2) is 9.29 Å². The van der Waals surface area contributed by atoms with Crippen LogP contribution in [0, 0.1) is 5.82 Å². The molecule has 2 heterocycles. The third-order valence-electron chi connectivity index (χ3n) is 4.91. The molecule has 0 saturated carbocycles. The molecule has 1 unspecified atom stereocenters. The van der Waals surface area contributed by atoms with Gasteiger partial charge in [-0.3, -0.25) is 9.59 Å². The number of hydrogen-bond acceptors (Lipinski definition) is 3. The van der Waals surface area contributed by atoms with E-state index >= 15 is 0 Å². The van der Waals surface area contributed by atoms with Gasteiger partial charge in [0, 0.05) is 12.2 Å². The van der Waals surface area contributed by atoms with Gasteiger partial charge >= 0.3 is 0 Å². The zero-order valence-electron chi connectivity index (χ0n) is 14.2. The van der Waals surface area contributed by atoms with Crippen molar-refractivity contribution in [2.75, 3.05) is 11.5 Å². The summed E-state index contributed by atoms with van der Waals surface area (Å²) in [6, 6.07) is 15.0. The van der Waals surface area contributed by atoms with Gasteiger partial charge in [-0.15, -0.1) is 0 Å². The molecule has 1 spiro atoms. The monoisotopic (exact) mass is 351 g/mol. The number of nitrogens with zero attached hydrogens (tertiary/aromatic N) is 1. The first-order valence-corrected chi connectivity index (χ1v) is 8.68. The molecule has 0 aromatic heterocycles. The molecular formula is C21H18FNO3. The Hall–Kier alpha value is -2.79. The molecule has 0 N–H and O–H groups in total. The predicted molar refractivity (Wildman–Crippen MR) is 95.8 cm³/mol. The van der Waals surface area contributed by atoms with Gasteiger partial charge in [-0.1, -0.05) is 36.4 Å². The fraction of sp³-hybridized carbons (Fsp3) is 0.238. The largest absolute Gasteiger partial charge is 0.360 e. The van der Waals surface area contributed by atoms with Crippen LogP contribution < -0.4 is 4.90 Å². The van der Waals surface area contributed by atoms with Gasteiger partial charge in [-0.2, -0.15) is 0 Å². The van der Waals surface area contributed by atoms with Crippen LogP contribution >= 0.6 is 0 Å². The van der Waals surface area contributed by atoms with E-state index in [0.717, 1.165) is 17.7 Å². The van der Waals surface area contributed by atoms with E-state index in [1.54, 1.807) is 42.5 Å². The Morgan fingerprint density at radius 3 is 2.42 bits per heavy atom. The van der Waals surface area contributed by atoms with E-state index in [2.05, 4.69) is 0 Å². The fourth-order valence-electron chi connectivity index (χ4n) is 3.59. The van der Waals surface area contributed by atoms with Gasteiger partial charge in [0.25, 0.3) is 11.8 Å². The van der Waals surface area contributed by atoms with Crippen LogP contribution in [0.1, 0.15) is 24.8 Å². The number of ether oxygens (including phenoxy) is 1. The van der Waals surface area contributed by atoms with E-state index in [4.69, 9.17) is 4.74 Å². The molecule has 1 atom stereocenters. The van der Waals surface area contributed by atoms with Crippen molar-refractivity contribution in [3.8, 4) is 0 Å². The Morgan fingerprint density at radius 1 is 1.00 bits per heavy atom. The molecule has 0 bridgehead atoms. The average Bonchev–Trinajstić information content (AvgIpc) is 2.86. The zero-order chi connectivity index (χ0) is 18.1. The second-order valence-electron chi connectivity index (χ2n) is 6.49. The van der Waals surface area contributed by atoms with E-state index in [9.17, 15) is 14.0 Å². The first kappa shape index (κ1) is 16.7. The van der Waals surface area contributed by atoms with Gasteiger partial charge in [0.1, 0.15) is 5.82 Å². The zero-order valence-corrected chi connectivity index (χ0v) is 14.2. The van der Waals surface area contributed by atoms with Crippen LogP contribution in [0.5, 0.6) is 0 Å². The average molecular weight is 351 g/mol. The minimum Gasteiger partial charge on any atom is -0.360 e. The van der Waals surface area contributed by atoms with Gasteiger partial charge in [0.05, 0.1) is 11.3 Å². The third kappa shape index (κ3) is 2.56. The molecular weight excluding hydrogens is 333 g/mol. The van der Waals surface area contributed by atoms with Crippen molar-refractivity contribution >= 4 is 23.6 Å². The smallest absolute Gasteiger partial charge is 0.271 e. The normalized spacial score (nSPS) is 24.7. The predicted octanol–water partition coefficient (Wildman–Crippen LogP) is 3.72. The summed E-state index contributed by atoms with van der Waals surface area (Å²) >= 11 is 0. The molecule has 0 radical (unpaired) electrons. The van der Waals surface area contributed by atoms with E-state index in [0.29, 0.717) is 18.7 Å². The molecule has 2 fully saturated rings. The number of hydrogen-bond donors (Lipinski definition) is 0. The molecule has 2 amide bonds. The van der Waals surface area contributed by atoms with E-state index < -0.39 is 23.2 Å². The third-order valence-corrected chi connectivity index (χ3v) is 4.91. The van der Waals surface area contributed by atoms with Crippen LogP contribution in [0.2, 0.25) is 0 Å². The van der Waals surface area contributed by atoms with Crippen LogP contribution in [-0.4, -0.2) is 24.0 Å². The van der Waals surface area contributed by atoms with Crippen LogP contribution in [0.4, 0.5) is 10.1 Å². The number of imide groups is 1. The van der Waals surface area contributed by atoms with Crippen molar-refractivity contribution in [3.63, 3.8) is 0 Å². The molecule has 4 rings (SSSR count). The van der Waals surface area contributed by atoms with Gasteiger partial charge in [-0.05, 0) is 43.5 Å². The molecule has 2 aliphatic rings.